The molecule has 0 saturated carbocycles. The first-order valence-corrected chi connectivity index (χ1v) is 6.25. The monoisotopic (exact) mass is 235 g/mol. The number of nitrogens with two attached hydrogens (primary N) is 1. The van der Waals surface area contributed by atoms with Crippen LogP contribution in [0.4, 0.5) is 0 Å². The molecule has 2 rings (SSSR count). The molecule has 17 heavy (non-hydrogen) atoms. The van der Waals surface area contributed by atoms with Gasteiger partial charge in [0.1, 0.15) is 17.6 Å². The van der Waals surface area contributed by atoms with E-state index in [2.05, 4.69) is 13.8 Å². The normalized spacial score (nSPS) is 24.7. The molecule has 0 bridgehead atoms. The molecule has 3 nitrogen and oxygen atoms in total. The van der Waals surface area contributed by atoms with Crippen molar-refractivity contribution in [2.24, 2.45) is 11.7 Å². The average molecular weight is 235 g/mol. The molecular weight excluding hydrogens is 214 g/mol. The maximum absolute atomic E-state index is 6.20. The van der Waals surface area contributed by atoms with Crippen LogP contribution in [0.5, 0.6) is 11.5 Å². The number of methoxy groups -OCH3 is 1. The molecule has 1 aliphatic rings. The van der Waals surface area contributed by atoms with Crippen molar-refractivity contribution < 1.29 is 9.47 Å². The highest BCUT2D eigenvalue weighted by atomic mass is 16.5. The lowest BCUT2D eigenvalue weighted by Crippen LogP contribution is -2.34. The van der Waals surface area contributed by atoms with Crippen LogP contribution in [0.2, 0.25) is 0 Å². The molecule has 3 unspecified atom stereocenters. The molecule has 1 heterocycles. The zero-order chi connectivity index (χ0) is 12.4. The minimum atomic E-state index is 0.0728. The van der Waals surface area contributed by atoms with Gasteiger partial charge in [-0.25, -0.2) is 0 Å². The van der Waals surface area contributed by atoms with E-state index in [1.54, 1.807) is 7.11 Å². The Kier molecular flexibility index (Phi) is 3.57. The Hall–Kier alpha value is -1.22. The molecule has 2 N–H and O–H groups in total. The molecular formula is C14H21NO2. The van der Waals surface area contributed by atoms with Crippen LogP contribution in [-0.4, -0.2) is 13.2 Å². The first kappa shape index (κ1) is 12.2. The van der Waals surface area contributed by atoms with Crippen molar-refractivity contribution in [1.29, 1.82) is 0 Å². The van der Waals surface area contributed by atoms with Crippen LogP contribution >= 0.6 is 0 Å². The fourth-order valence-electron chi connectivity index (χ4n) is 2.25. The van der Waals surface area contributed by atoms with Crippen LogP contribution in [0.1, 0.15) is 38.3 Å². The lowest BCUT2D eigenvalue weighted by atomic mass is 9.90. The minimum absolute atomic E-state index is 0.0728. The van der Waals surface area contributed by atoms with Crippen molar-refractivity contribution in [3.63, 3.8) is 0 Å². The number of benzene rings is 1. The largest absolute Gasteiger partial charge is 0.497 e. The Bertz CT molecular complexity index is 392. The van der Waals surface area contributed by atoms with Crippen molar-refractivity contribution in [2.75, 3.05) is 7.11 Å². The Morgan fingerprint density at radius 3 is 2.94 bits per heavy atom. The van der Waals surface area contributed by atoms with Gasteiger partial charge >= 0.3 is 0 Å². The minimum Gasteiger partial charge on any atom is -0.497 e. The second-order valence-electron chi connectivity index (χ2n) is 4.79. The molecule has 3 atom stereocenters. The van der Waals surface area contributed by atoms with Gasteiger partial charge in [-0.1, -0.05) is 26.3 Å². The summed E-state index contributed by atoms with van der Waals surface area (Å²) >= 11 is 0. The van der Waals surface area contributed by atoms with Gasteiger partial charge in [-0.3, -0.25) is 0 Å². The first-order chi connectivity index (χ1) is 8.15. The SMILES string of the molecule is CCC(C)C1CC(N)c2ccc(OC)cc2O1. The number of ether oxygens (including phenoxy) is 2. The van der Waals surface area contributed by atoms with Crippen LogP contribution < -0.4 is 15.2 Å². The van der Waals surface area contributed by atoms with Crippen LogP contribution in [0.25, 0.3) is 0 Å². The van der Waals surface area contributed by atoms with Crippen LogP contribution in [0.3, 0.4) is 0 Å². The molecule has 0 aromatic heterocycles. The summed E-state index contributed by atoms with van der Waals surface area (Å²) in [7, 11) is 1.66. The first-order valence-electron chi connectivity index (χ1n) is 6.25. The van der Waals surface area contributed by atoms with E-state index in [4.69, 9.17) is 15.2 Å². The highest BCUT2D eigenvalue weighted by Gasteiger charge is 2.29. The molecule has 0 spiro atoms. The molecule has 3 heteroatoms. The maximum Gasteiger partial charge on any atom is 0.128 e. The fraction of sp³-hybridized carbons (Fsp3) is 0.571. The van der Waals surface area contributed by atoms with Gasteiger partial charge in [0.2, 0.25) is 0 Å². The standard InChI is InChI=1S/C14H21NO2/c1-4-9(2)13-8-12(15)11-6-5-10(16-3)7-14(11)17-13/h5-7,9,12-13H,4,8,15H2,1-3H3. The maximum atomic E-state index is 6.20. The summed E-state index contributed by atoms with van der Waals surface area (Å²) in [5.41, 5.74) is 7.29. The molecule has 0 amide bonds. The number of hydrogen-bond donors (Lipinski definition) is 1. The Morgan fingerprint density at radius 1 is 1.53 bits per heavy atom. The molecule has 1 aromatic carbocycles. The summed E-state index contributed by atoms with van der Waals surface area (Å²) in [6, 6.07) is 5.95. The van der Waals surface area contributed by atoms with E-state index in [9.17, 15) is 0 Å². The smallest absolute Gasteiger partial charge is 0.128 e. The van der Waals surface area contributed by atoms with E-state index in [0.717, 1.165) is 29.9 Å². The molecule has 0 radical (unpaired) electrons. The van der Waals surface area contributed by atoms with E-state index >= 15 is 0 Å². The summed E-state index contributed by atoms with van der Waals surface area (Å²) in [4.78, 5) is 0. The van der Waals surface area contributed by atoms with Crippen molar-refractivity contribution in [3.05, 3.63) is 23.8 Å². The van der Waals surface area contributed by atoms with Gasteiger partial charge in [0, 0.05) is 24.1 Å². The lowest BCUT2D eigenvalue weighted by molar-refractivity contribution is 0.105. The zero-order valence-electron chi connectivity index (χ0n) is 10.8. The second-order valence-corrected chi connectivity index (χ2v) is 4.79. The van der Waals surface area contributed by atoms with Crippen molar-refractivity contribution in [3.8, 4) is 11.5 Å². The quantitative estimate of drug-likeness (QED) is 0.876. The molecule has 0 saturated heterocycles. The van der Waals surface area contributed by atoms with Crippen LogP contribution in [0.15, 0.2) is 18.2 Å². The molecule has 1 aliphatic heterocycles. The zero-order valence-corrected chi connectivity index (χ0v) is 10.8. The Labute approximate surface area is 103 Å². The van der Waals surface area contributed by atoms with Gasteiger partial charge in [-0.15, -0.1) is 0 Å². The third-order valence-corrected chi connectivity index (χ3v) is 3.66. The van der Waals surface area contributed by atoms with Crippen LogP contribution in [-0.2, 0) is 0 Å². The average Bonchev–Trinajstić information content (AvgIpc) is 2.36. The predicted molar refractivity (Wildman–Crippen MR) is 68.4 cm³/mol. The van der Waals surface area contributed by atoms with E-state index < -0.39 is 0 Å². The number of rotatable bonds is 3. The van der Waals surface area contributed by atoms with E-state index in [1.165, 1.54) is 0 Å². The highest BCUT2D eigenvalue weighted by molar-refractivity contribution is 5.43. The molecule has 0 fully saturated rings. The fourth-order valence-corrected chi connectivity index (χ4v) is 2.25. The predicted octanol–water partition coefficient (Wildman–Crippen LogP) is 2.89. The summed E-state index contributed by atoms with van der Waals surface area (Å²) in [5.74, 6) is 2.23. The van der Waals surface area contributed by atoms with Crippen LogP contribution in [0, 0.1) is 5.92 Å². The number of fused-ring (bicyclic) bond motifs is 1. The van der Waals surface area contributed by atoms with E-state index in [-0.39, 0.29) is 12.1 Å². The van der Waals surface area contributed by atoms with Gasteiger partial charge < -0.3 is 15.2 Å². The Balaban J connectivity index is 2.27. The Morgan fingerprint density at radius 2 is 2.29 bits per heavy atom. The molecule has 0 aliphatic carbocycles. The molecule has 94 valence electrons. The molecule has 1 aromatic rings. The second kappa shape index (κ2) is 4.96. The van der Waals surface area contributed by atoms with Gasteiger partial charge in [-0.05, 0) is 12.0 Å². The van der Waals surface area contributed by atoms with Crippen molar-refractivity contribution in [1.82, 2.24) is 0 Å². The van der Waals surface area contributed by atoms with Gasteiger partial charge in [0.25, 0.3) is 0 Å². The van der Waals surface area contributed by atoms with E-state index in [0.29, 0.717) is 5.92 Å². The van der Waals surface area contributed by atoms with Crippen molar-refractivity contribution in [2.45, 2.75) is 38.8 Å². The summed E-state index contributed by atoms with van der Waals surface area (Å²) in [6.07, 6.45) is 2.22. The summed E-state index contributed by atoms with van der Waals surface area (Å²) in [6.45, 7) is 4.39. The third-order valence-electron chi connectivity index (χ3n) is 3.66. The van der Waals surface area contributed by atoms with Gasteiger partial charge in [-0.2, -0.15) is 0 Å². The highest BCUT2D eigenvalue weighted by Crippen LogP contribution is 2.38. The lowest BCUT2D eigenvalue weighted by Gasteiger charge is -2.33. The summed E-state index contributed by atoms with van der Waals surface area (Å²) < 4.78 is 11.3. The summed E-state index contributed by atoms with van der Waals surface area (Å²) in [5, 5.41) is 0. The number of hydrogen-bond acceptors (Lipinski definition) is 3. The van der Waals surface area contributed by atoms with E-state index in [1.807, 2.05) is 18.2 Å². The van der Waals surface area contributed by atoms with Crippen molar-refractivity contribution >= 4 is 0 Å². The topological polar surface area (TPSA) is 44.5 Å². The third kappa shape index (κ3) is 2.39. The van der Waals surface area contributed by atoms with Gasteiger partial charge in [0.15, 0.2) is 0 Å². The van der Waals surface area contributed by atoms with Gasteiger partial charge in [0.05, 0.1) is 7.11 Å².